The van der Waals surface area contributed by atoms with Crippen molar-refractivity contribution in [2.24, 2.45) is 0 Å². The molecule has 0 N–H and O–H groups in total. The van der Waals surface area contributed by atoms with E-state index in [9.17, 15) is 9.59 Å². The van der Waals surface area contributed by atoms with E-state index in [0.717, 1.165) is 6.08 Å². The van der Waals surface area contributed by atoms with Gasteiger partial charge >= 0.3 is 5.97 Å². The first-order valence-electron chi connectivity index (χ1n) is 7.18. The smallest absolute Gasteiger partial charge is 0.331 e. The van der Waals surface area contributed by atoms with Crippen LogP contribution in [0.2, 0.25) is 0 Å². The molecule has 5 heteroatoms. The van der Waals surface area contributed by atoms with E-state index in [0.29, 0.717) is 23.5 Å². The minimum Gasteiger partial charge on any atom is -0.497 e. The van der Waals surface area contributed by atoms with E-state index in [1.807, 2.05) is 13.0 Å². The summed E-state index contributed by atoms with van der Waals surface area (Å²) in [7, 11) is 0. The highest BCUT2D eigenvalue weighted by Gasteiger charge is 2.35. The number of Topliss-reactive ketones (excluding diaryl/α,β-unsaturated/α-hetero) is 1. The second-order valence-corrected chi connectivity index (χ2v) is 6.23. The Morgan fingerprint density at radius 2 is 2.04 bits per heavy atom. The first-order chi connectivity index (χ1) is 11.0. The second kappa shape index (κ2) is 7.42. The third-order valence-corrected chi connectivity index (χ3v) is 3.94. The van der Waals surface area contributed by atoms with Crippen molar-refractivity contribution in [3.63, 3.8) is 0 Å². The van der Waals surface area contributed by atoms with Crippen LogP contribution in [-0.4, -0.2) is 22.9 Å². The van der Waals surface area contributed by atoms with Crippen LogP contribution in [0.15, 0.2) is 66.5 Å². The molecule has 1 atom stereocenters. The van der Waals surface area contributed by atoms with Gasteiger partial charge in [0.2, 0.25) is 0 Å². The summed E-state index contributed by atoms with van der Waals surface area (Å²) in [6.07, 6.45) is 4.57. The van der Waals surface area contributed by atoms with Gasteiger partial charge in [0.05, 0.1) is 18.6 Å². The Bertz CT molecular complexity index is 676. The van der Waals surface area contributed by atoms with Crippen LogP contribution < -0.4 is 0 Å². The summed E-state index contributed by atoms with van der Waals surface area (Å²) in [5.74, 6) is -0.201. The number of alkyl halides is 1. The van der Waals surface area contributed by atoms with Crippen molar-refractivity contribution in [1.82, 2.24) is 0 Å². The van der Waals surface area contributed by atoms with Crippen LogP contribution in [0.25, 0.3) is 0 Å². The number of halogens is 1. The first kappa shape index (κ1) is 17.2. The maximum Gasteiger partial charge on any atom is 0.331 e. The van der Waals surface area contributed by atoms with E-state index in [1.54, 1.807) is 36.4 Å². The lowest BCUT2D eigenvalue weighted by atomic mass is 9.95. The van der Waals surface area contributed by atoms with Crippen molar-refractivity contribution in [3.05, 3.63) is 72.0 Å². The van der Waals surface area contributed by atoms with Gasteiger partial charge in [-0.15, -0.1) is 0 Å². The van der Waals surface area contributed by atoms with Crippen molar-refractivity contribution in [1.29, 1.82) is 0 Å². The molecule has 0 aromatic heterocycles. The fourth-order valence-electron chi connectivity index (χ4n) is 2.20. The third-order valence-electron chi connectivity index (χ3n) is 3.24. The number of allylic oxidation sites excluding steroid dienone is 2. The van der Waals surface area contributed by atoms with Gasteiger partial charge in [-0.3, -0.25) is 4.79 Å². The van der Waals surface area contributed by atoms with E-state index in [4.69, 9.17) is 9.47 Å². The van der Waals surface area contributed by atoms with Gasteiger partial charge in [0, 0.05) is 11.6 Å². The fraction of sp³-hybridized carbons (Fsp3) is 0.222. The zero-order valence-electron chi connectivity index (χ0n) is 12.8. The molecule has 120 valence electrons. The van der Waals surface area contributed by atoms with E-state index >= 15 is 0 Å². The van der Waals surface area contributed by atoms with Gasteiger partial charge < -0.3 is 9.47 Å². The highest BCUT2D eigenvalue weighted by Crippen LogP contribution is 2.37. The molecule has 0 bridgehead atoms. The third kappa shape index (κ3) is 4.20. The highest BCUT2D eigenvalue weighted by atomic mass is 79.9. The molecule has 1 aromatic carbocycles. The minimum atomic E-state index is -1.04. The van der Waals surface area contributed by atoms with Crippen LogP contribution >= 0.6 is 15.9 Å². The zero-order chi connectivity index (χ0) is 16.9. The summed E-state index contributed by atoms with van der Waals surface area (Å²) in [6, 6.07) is 8.97. The van der Waals surface area contributed by atoms with Crippen molar-refractivity contribution in [2.45, 2.75) is 17.9 Å². The predicted molar refractivity (Wildman–Crippen MR) is 91.1 cm³/mol. The number of benzene rings is 1. The average Bonchev–Trinajstić information content (AvgIpc) is 2.55. The lowest BCUT2D eigenvalue weighted by Crippen LogP contribution is -2.30. The van der Waals surface area contributed by atoms with Gasteiger partial charge in [-0.25, -0.2) is 4.79 Å². The molecular formula is C18H17BrO4. The SMILES string of the molecule is C=CC(=O)OC1(Br)C=CC(C(=O)c2ccccc2)=C(OCC)C1. The molecule has 4 nitrogen and oxygen atoms in total. The number of carbonyl (C=O) groups is 2. The van der Waals surface area contributed by atoms with E-state index in [2.05, 4.69) is 22.5 Å². The van der Waals surface area contributed by atoms with Crippen molar-refractivity contribution < 1.29 is 19.1 Å². The molecule has 0 saturated heterocycles. The van der Waals surface area contributed by atoms with E-state index in [-0.39, 0.29) is 12.2 Å². The molecule has 2 rings (SSSR count). The number of carbonyl (C=O) groups excluding carboxylic acids is 2. The molecule has 23 heavy (non-hydrogen) atoms. The van der Waals surface area contributed by atoms with Gasteiger partial charge in [0.15, 0.2) is 10.3 Å². The molecule has 1 aromatic rings. The van der Waals surface area contributed by atoms with Crippen molar-refractivity contribution in [3.8, 4) is 0 Å². The Labute approximate surface area is 143 Å². The Morgan fingerprint density at radius 3 is 2.65 bits per heavy atom. The number of ether oxygens (including phenoxy) is 2. The number of rotatable bonds is 6. The molecule has 1 aliphatic rings. The summed E-state index contributed by atoms with van der Waals surface area (Å²) in [4.78, 5) is 24.1. The zero-order valence-corrected chi connectivity index (χ0v) is 14.3. The standard InChI is InChI=1S/C18H17BrO4/c1-3-16(20)23-18(19)11-10-14(15(12-18)22-4-2)17(21)13-8-6-5-7-9-13/h3,5-11H,1,4,12H2,2H3. The minimum absolute atomic E-state index is 0.130. The number of esters is 1. The molecule has 0 radical (unpaired) electrons. The molecular weight excluding hydrogens is 360 g/mol. The van der Waals surface area contributed by atoms with Gasteiger partial charge in [-0.1, -0.05) is 36.9 Å². The normalized spacial score (nSPS) is 20.1. The quantitative estimate of drug-likeness (QED) is 0.326. The van der Waals surface area contributed by atoms with Crippen molar-refractivity contribution in [2.75, 3.05) is 6.61 Å². The summed E-state index contributed by atoms with van der Waals surface area (Å²) >= 11 is 3.38. The van der Waals surface area contributed by atoms with Crippen LogP contribution in [0.3, 0.4) is 0 Å². The Kier molecular flexibility index (Phi) is 5.55. The lowest BCUT2D eigenvalue weighted by Gasteiger charge is -2.29. The van der Waals surface area contributed by atoms with E-state index in [1.165, 1.54) is 0 Å². The van der Waals surface area contributed by atoms with Gasteiger partial charge in [0.1, 0.15) is 5.76 Å². The number of hydrogen-bond acceptors (Lipinski definition) is 4. The van der Waals surface area contributed by atoms with Gasteiger partial charge in [-0.05, 0) is 35.0 Å². The summed E-state index contributed by atoms with van der Waals surface area (Å²) < 4.78 is 9.86. The van der Waals surface area contributed by atoms with E-state index < -0.39 is 10.5 Å². The maximum absolute atomic E-state index is 12.6. The summed E-state index contributed by atoms with van der Waals surface area (Å²) in [5, 5.41) is 0. The molecule has 0 heterocycles. The summed E-state index contributed by atoms with van der Waals surface area (Å²) in [5.41, 5.74) is 1.04. The van der Waals surface area contributed by atoms with Crippen molar-refractivity contribution >= 4 is 27.7 Å². The number of ketones is 1. The Morgan fingerprint density at radius 1 is 1.35 bits per heavy atom. The van der Waals surface area contributed by atoms with Gasteiger partial charge in [-0.2, -0.15) is 0 Å². The Balaban J connectivity index is 2.31. The first-order valence-corrected chi connectivity index (χ1v) is 7.97. The molecule has 0 aliphatic heterocycles. The summed E-state index contributed by atoms with van der Waals surface area (Å²) in [6.45, 7) is 5.62. The van der Waals surface area contributed by atoms with Crippen LogP contribution in [0.5, 0.6) is 0 Å². The topological polar surface area (TPSA) is 52.6 Å². The van der Waals surface area contributed by atoms with Crippen LogP contribution in [-0.2, 0) is 14.3 Å². The molecule has 0 amide bonds. The average molecular weight is 377 g/mol. The number of hydrogen-bond donors (Lipinski definition) is 0. The molecule has 0 spiro atoms. The monoisotopic (exact) mass is 376 g/mol. The molecule has 0 saturated carbocycles. The lowest BCUT2D eigenvalue weighted by molar-refractivity contribution is -0.142. The molecule has 1 aliphatic carbocycles. The largest absolute Gasteiger partial charge is 0.497 e. The van der Waals surface area contributed by atoms with Crippen LogP contribution in [0.4, 0.5) is 0 Å². The fourth-order valence-corrected chi connectivity index (χ4v) is 2.75. The maximum atomic E-state index is 12.6. The van der Waals surface area contributed by atoms with Crippen LogP contribution in [0, 0.1) is 0 Å². The van der Waals surface area contributed by atoms with Gasteiger partial charge in [0.25, 0.3) is 0 Å². The second-order valence-electron chi connectivity index (χ2n) is 4.89. The predicted octanol–water partition coefficient (Wildman–Crippen LogP) is 3.94. The molecule has 1 unspecified atom stereocenters. The highest BCUT2D eigenvalue weighted by molar-refractivity contribution is 9.10. The Hall–Kier alpha value is -2.14. The van der Waals surface area contributed by atoms with Crippen LogP contribution in [0.1, 0.15) is 23.7 Å². The molecule has 0 fully saturated rings.